The molecule has 0 radical (unpaired) electrons. The highest BCUT2D eigenvalue weighted by atomic mass is 127. The Kier molecular flexibility index (Phi) is 5.86. The number of benzene rings is 1. The lowest BCUT2D eigenvalue weighted by Crippen LogP contribution is -2.07. The second-order valence-electron chi connectivity index (χ2n) is 2.42. The first kappa shape index (κ1) is 13.7. The van der Waals surface area contributed by atoms with Crippen LogP contribution in [0.3, 0.4) is 0 Å². The maximum Gasteiger partial charge on any atom is 0.351 e. The van der Waals surface area contributed by atoms with Gasteiger partial charge in [-0.1, -0.05) is 11.6 Å². The van der Waals surface area contributed by atoms with Crippen molar-refractivity contribution in [3.63, 3.8) is 0 Å². The van der Waals surface area contributed by atoms with Crippen LogP contribution in [0, 0.1) is 0 Å². The summed E-state index contributed by atoms with van der Waals surface area (Å²) in [5.74, 6) is 0.0860. The van der Waals surface area contributed by atoms with Crippen LogP contribution >= 0.6 is 72.7 Å². The fraction of sp³-hybridized carbons (Fsp3) is 0. The molecule has 0 amide bonds. The summed E-state index contributed by atoms with van der Waals surface area (Å²) in [5, 5.41) is 0.607. The van der Waals surface area contributed by atoms with Gasteiger partial charge in [0.15, 0.2) is 0 Å². The molecule has 15 heavy (non-hydrogen) atoms. The third-order valence-electron chi connectivity index (χ3n) is 1.37. The average molecular weight is 513 g/mol. The van der Waals surface area contributed by atoms with Crippen molar-refractivity contribution in [2.24, 2.45) is 0 Å². The molecular weight excluding hydrogens is 509 g/mol. The number of esters is 1. The lowest BCUT2D eigenvalue weighted by atomic mass is 10.3. The molecule has 1 rings (SSSR count). The number of carbonyl (C=O) groups is 1. The Hall–Kier alpha value is 0.660. The van der Waals surface area contributed by atoms with Gasteiger partial charge in [-0.05, 0) is 85.4 Å². The number of hydrogen-bond donors (Lipinski definition) is 0. The first-order valence-electron chi connectivity index (χ1n) is 3.69. The zero-order valence-electron chi connectivity index (χ0n) is 7.14. The largest absolute Gasteiger partial charge is 0.423 e. The van der Waals surface area contributed by atoms with Gasteiger partial charge in [-0.2, -0.15) is 0 Å². The number of hydrogen-bond acceptors (Lipinski definition) is 2. The SMILES string of the molecule is O=C(Oc1ccc(Cl)cc1)C(I)=C(Br)I. The molecule has 0 aliphatic carbocycles. The second-order valence-corrected chi connectivity index (χ2v) is 7.29. The zero-order valence-corrected chi connectivity index (χ0v) is 13.8. The van der Waals surface area contributed by atoms with Gasteiger partial charge in [0, 0.05) is 5.02 Å². The molecule has 2 nitrogen and oxygen atoms in total. The van der Waals surface area contributed by atoms with Gasteiger partial charge in [-0.15, -0.1) is 0 Å². The van der Waals surface area contributed by atoms with Gasteiger partial charge in [0.05, 0.1) is 2.49 Å². The molecule has 0 aliphatic heterocycles. The molecule has 0 unspecified atom stereocenters. The van der Waals surface area contributed by atoms with Crippen molar-refractivity contribution < 1.29 is 9.53 Å². The van der Waals surface area contributed by atoms with E-state index in [-0.39, 0.29) is 5.97 Å². The lowest BCUT2D eigenvalue weighted by Gasteiger charge is -2.03. The van der Waals surface area contributed by atoms with Crippen molar-refractivity contribution in [2.45, 2.75) is 0 Å². The number of rotatable bonds is 2. The molecule has 0 aliphatic rings. The Labute approximate surface area is 128 Å². The molecule has 0 atom stereocenters. The van der Waals surface area contributed by atoms with E-state index in [4.69, 9.17) is 16.3 Å². The molecule has 6 heteroatoms. The van der Waals surface area contributed by atoms with E-state index < -0.39 is 0 Å². The van der Waals surface area contributed by atoms with Crippen molar-refractivity contribution >= 4 is 78.7 Å². The fourth-order valence-electron chi connectivity index (χ4n) is 0.732. The van der Waals surface area contributed by atoms with Gasteiger partial charge in [0.2, 0.25) is 0 Å². The quantitative estimate of drug-likeness (QED) is 0.249. The van der Waals surface area contributed by atoms with E-state index in [1.165, 1.54) is 0 Å². The Bertz CT molecular complexity index is 399. The molecular formula is C9H4BrClI2O2. The molecule has 0 saturated carbocycles. The highest BCUT2D eigenvalue weighted by Gasteiger charge is 2.11. The first-order valence-corrected chi connectivity index (χ1v) is 7.02. The van der Waals surface area contributed by atoms with Gasteiger partial charge in [0.1, 0.15) is 9.33 Å². The number of carbonyl (C=O) groups excluding carboxylic acids is 1. The molecule has 0 aromatic heterocycles. The Morgan fingerprint density at radius 2 is 1.80 bits per heavy atom. The topological polar surface area (TPSA) is 26.3 Å². The van der Waals surface area contributed by atoms with Crippen LogP contribution in [0.25, 0.3) is 0 Å². The van der Waals surface area contributed by atoms with Crippen molar-refractivity contribution in [3.8, 4) is 5.75 Å². The zero-order chi connectivity index (χ0) is 11.4. The second kappa shape index (κ2) is 6.41. The first-order chi connectivity index (χ1) is 7.00. The summed E-state index contributed by atoms with van der Waals surface area (Å²) < 4.78 is 6.32. The van der Waals surface area contributed by atoms with Crippen LogP contribution in [-0.4, -0.2) is 5.97 Å². The maximum atomic E-state index is 11.5. The monoisotopic (exact) mass is 512 g/mol. The van der Waals surface area contributed by atoms with E-state index in [1.807, 2.05) is 45.2 Å². The van der Waals surface area contributed by atoms with Crippen LogP contribution in [0.15, 0.2) is 30.3 Å². The number of ether oxygens (including phenoxy) is 1. The molecule has 80 valence electrons. The van der Waals surface area contributed by atoms with Crippen molar-refractivity contribution in [1.82, 2.24) is 0 Å². The van der Waals surface area contributed by atoms with Gasteiger partial charge in [0.25, 0.3) is 0 Å². The molecule has 0 fully saturated rings. The minimum absolute atomic E-state index is 0.390. The molecule has 0 N–H and O–H groups in total. The summed E-state index contributed by atoms with van der Waals surface area (Å²) >= 11 is 12.8. The molecule has 0 bridgehead atoms. The molecule has 0 heterocycles. The van der Waals surface area contributed by atoms with E-state index >= 15 is 0 Å². The summed E-state index contributed by atoms with van der Waals surface area (Å²) in [6.45, 7) is 0. The maximum absolute atomic E-state index is 11.5. The van der Waals surface area contributed by atoms with Gasteiger partial charge < -0.3 is 4.74 Å². The summed E-state index contributed by atoms with van der Waals surface area (Å²) in [7, 11) is 0. The summed E-state index contributed by atoms with van der Waals surface area (Å²) in [6.07, 6.45) is 0. The normalized spacial score (nSPS) is 12.0. The highest BCUT2D eigenvalue weighted by molar-refractivity contribution is 14.1. The standard InChI is InChI=1S/C9H4BrClI2O2/c10-8(13)7(12)9(14)15-6-3-1-5(11)2-4-6/h1-4H. The molecule has 1 aromatic rings. The van der Waals surface area contributed by atoms with Gasteiger partial charge in [-0.25, -0.2) is 4.79 Å². The molecule has 0 spiro atoms. The van der Waals surface area contributed by atoms with E-state index in [9.17, 15) is 4.79 Å². The minimum atomic E-state index is -0.390. The smallest absolute Gasteiger partial charge is 0.351 e. The van der Waals surface area contributed by atoms with Crippen LogP contribution in [0.1, 0.15) is 0 Å². The van der Waals surface area contributed by atoms with Crippen molar-refractivity contribution in [1.29, 1.82) is 0 Å². The molecule has 1 aromatic carbocycles. The van der Waals surface area contributed by atoms with Crippen molar-refractivity contribution in [3.05, 3.63) is 35.4 Å². The van der Waals surface area contributed by atoms with Crippen molar-refractivity contribution in [2.75, 3.05) is 0 Å². The predicted octanol–water partition coefficient (Wildman–Crippen LogP) is 4.68. The van der Waals surface area contributed by atoms with E-state index in [2.05, 4.69) is 15.9 Å². The van der Waals surface area contributed by atoms with Crippen LogP contribution in [0.4, 0.5) is 0 Å². The molecule has 0 saturated heterocycles. The lowest BCUT2D eigenvalue weighted by molar-refractivity contribution is -0.129. The van der Waals surface area contributed by atoms with Crippen LogP contribution in [0.2, 0.25) is 5.02 Å². The predicted molar refractivity (Wildman–Crippen MR) is 81.1 cm³/mol. The van der Waals surface area contributed by atoms with E-state index in [1.54, 1.807) is 24.3 Å². The van der Waals surface area contributed by atoms with Crippen LogP contribution in [-0.2, 0) is 4.79 Å². The number of halogens is 4. The van der Waals surface area contributed by atoms with Gasteiger partial charge in [-0.3, -0.25) is 0 Å². The third kappa shape index (κ3) is 4.58. The Morgan fingerprint density at radius 1 is 1.27 bits per heavy atom. The van der Waals surface area contributed by atoms with Crippen LogP contribution < -0.4 is 4.74 Å². The van der Waals surface area contributed by atoms with E-state index in [0.717, 1.165) is 2.49 Å². The van der Waals surface area contributed by atoms with E-state index in [0.29, 0.717) is 14.4 Å². The Morgan fingerprint density at radius 3 is 2.27 bits per heavy atom. The van der Waals surface area contributed by atoms with Gasteiger partial charge >= 0.3 is 5.97 Å². The Balaban J connectivity index is 2.75. The minimum Gasteiger partial charge on any atom is -0.423 e. The average Bonchev–Trinajstić information content (AvgIpc) is 2.20. The fourth-order valence-corrected chi connectivity index (χ4v) is 1.35. The summed E-state index contributed by atoms with van der Waals surface area (Å²) in [5.41, 5.74) is 0. The summed E-state index contributed by atoms with van der Waals surface area (Å²) in [4.78, 5) is 11.5. The highest BCUT2D eigenvalue weighted by Crippen LogP contribution is 2.26. The van der Waals surface area contributed by atoms with Crippen LogP contribution in [0.5, 0.6) is 5.75 Å². The third-order valence-corrected chi connectivity index (χ3v) is 5.31. The summed E-state index contributed by atoms with van der Waals surface area (Å²) in [6, 6.07) is 6.62.